The molecule has 6 N–H and O–H groups in total. The average Bonchev–Trinajstić information content (AvgIpc) is 3.03. The van der Waals surface area contributed by atoms with Gasteiger partial charge in [-0.05, 0) is 6.07 Å². The molecule has 12 nitrogen and oxygen atoms in total. The maximum absolute atomic E-state index is 11.0. The molecule has 0 saturated carbocycles. The Morgan fingerprint density at radius 1 is 1.40 bits per heavy atom. The van der Waals surface area contributed by atoms with Crippen LogP contribution in [0.3, 0.4) is 0 Å². The highest BCUT2D eigenvalue weighted by molar-refractivity contribution is 5.86. The molecule has 1 aliphatic heterocycles. The number of hydrogen-bond donors (Lipinski definition) is 4. The van der Waals surface area contributed by atoms with Crippen LogP contribution in [0.25, 0.3) is 11.0 Å². The Morgan fingerprint density at radius 3 is 2.72 bits per heavy atom. The van der Waals surface area contributed by atoms with Gasteiger partial charge in [0.2, 0.25) is 5.91 Å². The van der Waals surface area contributed by atoms with Gasteiger partial charge >= 0.3 is 6.03 Å². The number of carbonyl (C=O) groups is 2. The van der Waals surface area contributed by atoms with E-state index in [0.29, 0.717) is 11.0 Å². The molecule has 3 rings (SSSR count). The summed E-state index contributed by atoms with van der Waals surface area (Å²) >= 11 is 0. The van der Waals surface area contributed by atoms with E-state index in [9.17, 15) is 24.9 Å². The molecule has 134 valence electrons. The van der Waals surface area contributed by atoms with Crippen molar-refractivity contribution in [1.29, 1.82) is 0 Å². The molecule has 1 aliphatic rings. The van der Waals surface area contributed by atoms with Crippen molar-refractivity contribution in [2.24, 2.45) is 11.5 Å². The van der Waals surface area contributed by atoms with E-state index in [1.165, 1.54) is 12.3 Å². The van der Waals surface area contributed by atoms with Gasteiger partial charge in [0.15, 0.2) is 6.04 Å². The van der Waals surface area contributed by atoms with Gasteiger partial charge in [0, 0.05) is 18.5 Å². The molecule has 0 bridgehead atoms. The minimum atomic E-state index is -0.862. The summed E-state index contributed by atoms with van der Waals surface area (Å²) in [6, 6.07) is 1.45. The van der Waals surface area contributed by atoms with Crippen molar-refractivity contribution in [3.63, 3.8) is 0 Å². The number of piperazine rings is 1. The number of nitro groups is 1. The molecule has 1 saturated heterocycles. The van der Waals surface area contributed by atoms with Crippen LogP contribution in [-0.2, 0) is 4.79 Å². The monoisotopic (exact) mass is 351 g/mol. The number of quaternary nitrogens is 1. The lowest BCUT2D eigenvalue weighted by Gasteiger charge is -2.38. The van der Waals surface area contributed by atoms with Crippen LogP contribution in [0.5, 0.6) is 0 Å². The summed E-state index contributed by atoms with van der Waals surface area (Å²) in [7, 11) is 0. The molecule has 0 radical (unpaired) electrons. The average molecular weight is 351 g/mol. The van der Waals surface area contributed by atoms with Crippen LogP contribution in [0.1, 0.15) is 0 Å². The zero-order valence-corrected chi connectivity index (χ0v) is 13.0. The van der Waals surface area contributed by atoms with E-state index < -0.39 is 22.9 Å². The number of hydroxylamine groups is 2. The third kappa shape index (κ3) is 4.19. The molecule has 2 aromatic heterocycles. The van der Waals surface area contributed by atoms with Crippen LogP contribution in [0.4, 0.5) is 10.5 Å². The highest BCUT2D eigenvalue weighted by Crippen LogP contribution is 2.21. The Kier molecular flexibility index (Phi) is 5.46. The summed E-state index contributed by atoms with van der Waals surface area (Å²) in [6.07, 6.45) is 3.04. The Bertz CT molecular complexity index is 792. The number of nitrogens with one attached hydrogen (secondary N) is 2. The number of fused-ring (bicyclic) bond motifs is 1. The molecule has 2 unspecified atom stereocenters. The summed E-state index contributed by atoms with van der Waals surface area (Å²) in [5, 5.41) is 21.9. The molecular formula is C13H17N7O5. The first kappa shape index (κ1) is 18.1. The van der Waals surface area contributed by atoms with E-state index in [2.05, 4.69) is 9.97 Å². The number of H-pyrrole nitrogens is 1. The van der Waals surface area contributed by atoms with E-state index in [-0.39, 0.29) is 30.4 Å². The number of pyridine rings is 1. The number of carbonyl (C=O) groups excluding carboxylic acids is 2. The van der Waals surface area contributed by atoms with Gasteiger partial charge in [-0.1, -0.05) is 0 Å². The van der Waals surface area contributed by atoms with Crippen LogP contribution in [0.15, 0.2) is 24.5 Å². The lowest BCUT2D eigenvalue weighted by Crippen LogP contribution is -3.11. The van der Waals surface area contributed by atoms with Gasteiger partial charge in [0.25, 0.3) is 5.69 Å². The first-order valence-corrected chi connectivity index (χ1v) is 7.25. The Hall–Kier alpha value is -3.25. The zero-order valence-electron chi connectivity index (χ0n) is 13.0. The minimum Gasteiger partial charge on any atom is -0.634 e. The molecule has 0 spiro atoms. The van der Waals surface area contributed by atoms with Crippen LogP contribution < -0.4 is 16.5 Å². The van der Waals surface area contributed by atoms with Crippen LogP contribution >= 0.6 is 0 Å². The highest BCUT2D eigenvalue weighted by Gasteiger charge is 2.33. The SMILES string of the molecule is NC(=O)C1C[NH+]([O-])CCN1C(N)=O.O=[N+]([O-])c1ccnc2[nH]ccc12. The number of hydrogen-bond acceptors (Lipinski definition) is 6. The van der Waals surface area contributed by atoms with Crippen molar-refractivity contribution in [2.45, 2.75) is 6.04 Å². The Labute approximate surface area is 141 Å². The molecule has 3 amide bonds. The molecule has 2 aromatic rings. The molecule has 1 fully saturated rings. The lowest BCUT2D eigenvalue weighted by molar-refractivity contribution is -0.854. The topological polar surface area (TPSA) is 189 Å². The third-order valence-corrected chi connectivity index (χ3v) is 3.67. The fourth-order valence-corrected chi connectivity index (χ4v) is 2.45. The first-order chi connectivity index (χ1) is 11.8. The van der Waals surface area contributed by atoms with Gasteiger partial charge in [-0.3, -0.25) is 14.9 Å². The lowest BCUT2D eigenvalue weighted by atomic mass is 10.2. The summed E-state index contributed by atoms with van der Waals surface area (Å²) < 4.78 is 0. The van der Waals surface area contributed by atoms with Crippen molar-refractivity contribution in [1.82, 2.24) is 14.9 Å². The number of amides is 3. The van der Waals surface area contributed by atoms with Crippen LogP contribution in [-0.4, -0.2) is 57.4 Å². The largest absolute Gasteiger partial charge is 0.634 e. The summed E-state index contributed by atoms with van der Waals surface area (Å²) in [4.78, 5) is 39.6. The van der Waals surface area contributed by atoms with Crippen molar-refractivity contribution in [2.75, 3.05) is 19.6 Å². The normalized spacial score (nSPS) is 19.8. The van der Waals surface area contributed by atoms with E-state index >= 15 is 0 Å². The fourth-order valence-electron chi connectivity index (χ4n) is 2.45. The molecule has 2 atom stereocenters. The quantitative estimate of drug-likeness (QED) is 0.277. The summed E-state index contributed by atoms with van der Waals surface area (Å²) in [6.45, 7) is 0.409. The molecule has 25 heavy (non-hydrogen) atoms. The van der Waals surface area contributed by atoms with Gasteiger partial charge in [-0.15, -0.1) is 0 Å². The van der Waals surface area contributed by atoms with E-state index in [1.807, 2.05) is 0 Å². The van der Waals surface area contributed by atoms with Gasteiger partial charge in [0.1, 0.15) is 12.2 Å². The number of nitrogens with two attached hydrogens (primary N) is 2. The summed E-state index contributed by atoms with van der Waals surface area (Å²) in [5.41, 5.74) is 10.7. The number of urea groups is 1. The second-order valence-electron chi connectivity index (χ2n) is 5.27. The predicted molar refractivity (Wildman–Crippen MR) is 86.1 cm³/mol. The standard InChI is InChI=1S/C7H5N3O2.C6H12N4O3/c11-10(12)6-2-4-9-7-5(6)1-3-8-7;7-5(11)4-3-9(13)1-2-10(4)6(8)12/h1-4H,(H,8,9);4,9H,1-3H2,(H2,7,11)(H2,8,12). The van der Waals surface area contributed by atoms with Gasteiger partial charge in [-0.25, -0.2) is 9.78 Å². The Balaban J connectivity index is 0.000000181. The molecule has 3 heterocycles. The zero-order chi connectivity index (χ0) is 18.6. The van der Waals surface area contributed by atoms with Gasteiger partial charge < -0.3 is 31.6 Å². The van der Waals surface area contributed by atoms with Crippen LogP contribution in [0.2, 0.25) is 0 Å². The number of rotatable bonds is 2. The molecule has 0 aromatic carbocycles. The van der Waals surface area contributed by atoms with E-state index in [0.717, 1.165) is 4.90 Å². The maximum Gasteiger partial charge on any atom is 0.315 e. The molecular weight excluding hydrogens is 334 g/mol. The number of aromatic amines is 1. The Morgan fingerprint density at radius 2 is 2.12 bits per heavy atom. The van der Waals surface area contributed by atoms with Crippen molar-refractivity contribution in [3.8, 4) is 0 Å². The molecule has 12 heteroatoms. The maximum atomic E-state index is 11.0. The van der Waals surface area contributed by atoms with Gasteiger partial charge in [0.05, 0.1) is 23.4 Å². The number of aromatic nitrogens is 2. The van der Waals surface area contributed by atoms with E-state index in [4.69, 9.17) is 11.5 Å². The number of primary amides is 2. The second kappa shape index (κ2) is 7.55. The van der Waals surface area contributed by atoms with Crippen molar-refractivity contribution >= 4 is 28.7 Å². The fraction of sp³-hybridized carbons (Fsp3) is 0.308. The smallest absolute Gasteiger partial charge is 0.315 e. The highest BCUT2D eigenvalue weighted by atomic mass is 16.6. The van der Waals surface area contributed by atoms with Crippen molar-refractivity contribution in [3.05, 3.63) is 39.8 Å². The van der Waals surface area contributed by atoms with E-state index in [1.54, 1.807) is 12.3 Å². The number of nitrogens with zero attached hydrogens (tertiary/aromatic N) is 3. The minimum absolute atomic E-state index is 0.0156. The van der Waals surface area contributed by atoms with Gasteiger partial charge in [-0.2, -0.15) is 0 Å². The predicted octanol–water partition coefficient (Wildman–Crippen LogP) is -1.91. The van der Waals surface area contributed by atoms with Crippen molar-refractivity contribution < 1.29 is 19.6 Å². The molecule has 0 aliphatic carbocycles. The first-order valence-electron chi connectivity index (χ1n) is 7.25. The summed E-state index contributed by atoms with van der Waals surface area (Å²) in [5.74, 6) is -0.688. The second-order valence-corrected chi connectivity index (χ2v) is 5.27. The van der Waals surface area contributed by atoms with Crippen LogP contribution in [0, 0.1) is 15.3 Å². The third-order valence-electron chi connectivity index (χ3n) is 3.67.